The van der Waals surface area contributed by atoms with Crippen LogP contribution in [0.1, 0.15) is 45.7 Å². The number of aryl methyl sites for hydroxylation is 1. The van der Waals surface area contributed by atoms with Crippen molar-refractivity contribution < 1.29 is 4.79 Å². The van der Waals surface area contributed by atoms with Crippen molar-refractivity contribution in [3.63, 3.8) is 0 Å². The zero-order chi connectivity index (χ0) is 18.5. The van der Waals surface area contributed by atoms with Crippen molar-refractivity contribution in [3.8, 4) is 0 Å². The average molecular weight is 385 g/mol. The summed E-state index contributed by atoms with van der Waals surface area (Å²) in [5.41, 5.74) is 0. The van der Waals surface area contributed by atoms with Gasteiger partial charge in [-0.05, 0) is 37.9 Å². The first-order valence-electron chi connectivity index (χ1n) is 9.35. The van der Waals surface area contributed by atoms with Gasteiger partial charge in [0.05, 0.1) is 17.7 Å². The van der Waals surface area contributed by atoms with E-state index in [-0.39, 0.29) is 5.91 Å². The summed E-state index contributed by atoms with van der Waals surface area (Å²) in [6.45, 7) is 3.42. The molecule has 4 heterocycles. The minimum atomic E-state index is 0.0208. The van der Waals surface area contributed by atoms with E-state index in [0.29, 0.717) is 12.6 Å². The van der Waals surface area contributed by atoms with Crippen LogP contribution in [0.2, 0.25) is 0 Å². The van der Waals surface area contributed by atoms with E-state index >= 15 is 0 Å². The SMILES string of the molecule is O=C(NCCCn1ccnc1)c1ccc(C2CCCN2Cc2ncc[nH]2)s1. The maximum atomic E-state index is 12.4. The van der Waals surface area contributed by atoms with Crippen LogP contribution in [0.5, 0.6) is 0 Å². The van der Waals surface area contributed by atoms with Crippen molar-refractivity contribution in [2.75, 3.05) is 13.1 Å². The third-order valence-electron chi connectivity index (χ3n) is 4.89. The van der Waals surface area contributed by atoms with Crippen LogP contribution in [-0.4, -0.2) is 43.4 Å². The molecule has 0 spiro atoms. The molecule has 1 saturated heterocycles. The normalized spacial score (nSPS) is 17.4. The molecule has 27 heavy (non-hydrogen) atoms. The molecule has 0 aromatic carbocycles. The number of aromatic amines is 1. The second-order valence-corrected chi connectivity index (χ2v) is 7.89. The van der Waals surface area contributed by atoms with Crippen LogP contribution in [0, 0.1) is 0 Å². The third kappa shape index (κ3) is 4.45. The van der Waals surface area contributed by atoms with Gasteiger partial charge in [-0.2, -0.15) is 0 Å². The number of aromatic nitrogens is 4. The fourth-order valence-electron chi connectivity index (χ4n) is 3.54. The van der Waals surface area contributed by atoms with Gasteiger partial charge in [0, 0.05) is 48.8 Å². The van der Waals surface area contributed by atoms with Crippen LogP contribution >= 0.6 is 11.3 Å². The summed E-state index contributed by atoms with van der Waals surface area (Å²) in [4.78, 5) is 28.5. The number of carbonyl (C=O) groups excluding carboxylic acids is 1. The van der Waals surface area contributed by atoms with Crippen LogP contribution in [0.4, 0.5) is 0 Å². The predicted molar refractivity (Wildman–Crippen MR) is 104 cm³/mol. The highest BCUT2D eigenvalue weighted by atomic mass is 32.1. The summed E-state index contributed by atoms with van der Waals surface area (Å²) in [5.74, 6) is 1.02. The molecule has 1 amide bonds. The quantitative estimate of drug-likeness (QED) is 0.586. The van der Waals surface area contributed by atoms with Gasteiger partial charge in [-0.15, -0.1) is 11.3 Å². The summed E-state index contributed by atoms with van der Waals surface area (Å²) in [7, 11) is 0. The second-order valence-electron chi connectivity index (χ2n) is 6.78. The molecular weight excluding hydrogens is 360 g/mol. The topological polar surface area (TPSA) is 78.8 Å². The molecule has 2 N–H and O–H groups in total. The number of imidazole rings is 2. The van der Waals surface area contributed by atoms with E-state index in [1.807, 2.05) is 23.0 Å². The third-order valence-corrected chi connectivity index (χ3v) is 6.07. The lowest BCUT2D eigenvalue weighted by Crippen LogP contribution is -2.24. The zero-order valence-electron chi connectivity index (χ0n) is 15.2. The highest BCUT2D eigenvalue weighted by molar-refractivity contribution is 7.14. The van der Waals surface area contributed by atoms with Crippen molar-refractivity contribution in [1.82, 2.24) is 29.7 Å². The van der Waals surface area contributed by atoms with Crippen LogP contribution in [-0.2, 0) is 13.1 Å². The van der Waals surface area contributed by atoms with Crippen molar-refractivity contribution in [3.05, 3.63) is 58.8 Å². The molecule has 3 aromatic heterocycles. The molecule has 142 valence electrons. The molecule has 0 aliphatic carbocycles. The minimum absolute atomic E-state index is 0.0208. The number of thiophene rings is 1. The van der Waals surface area contributed by atoms with Crippen LogP contribution in [0.25, 0.3) is 0 Å². The Hall–Kier alpha value is -2.45. The molecule has 7 nitrogen and oxygen atoms in total. The number of nitrogens with zero attached hydrogens (tertiary/aromatic N) is 4. The Morgan fingerprint density at radius 3 is 3.15 bits per heavy atom. The van der Waals surface area contributed by atoms with E-state index < -0.39 is 0 Å². The predicted octanol–water partition coefficient (Wildman–Crippen LogP) is 2.82. The first-order valence-corrected chi connectivity index (χ1v) is 10.2. The summed E-state index contributed by atoms with van der Waals surface area (Å²) in [5, 5.41) is 3.02. The fourth-order valence-corrected chi connectivity index (χ4v) is 4.63. The molecular formula is C19H24N6OS. The molecule has 1 fully saturated rings. The monoisotopic (exact) mass is 384 g/mol. The van der Waals surface area contributed by atoms with E-state index in [9.17, 15) is 4.79 Å². The number of hydrogen-bond acceptors (Lipinski definition) is 5. The lowest BCUT2D eigenvalue weighted by atomic mass is 10.2. The highest BCUT2D eigenvalue weighted by Gasteiger charge is 2.28. The van der Waals surface area contributed by atoms with Gasteiger partial charge in [0.2, 0.25) is 0 Å². The minimum Gasteiger partial charge on any atom is -0.351 e. The summed E-state index contributed by atoms with van der Waals surface area (Å²) in [6, 6.07) is 4.44. The van der Waals surface area contributed by atoms with Gasteiger partial charge in [0.1, 0.15) is 5.82 Å². The Kier molecular flexibility index (Phi) is 5.64. The Morgan fingerprint density at radius 1 is 1.37 bits per heavy atom. The Morgan fingerprint density at radius 2 is 2.33 bits per heavy atom. The lowest BCUT2D eigenvalue weighted by Gasteiger charge is -2.22. The van der Waals surface area contributed by atoms with E-state index in [2.05, 4.69) is 31.2 Å². The molecule has 1 aliphatic heterocycles. The van der Waals surface area contributed by atoms with Crippen molar-refractivity contribution in [1.29, 1.82) is 0 Å². The van der Waals surface area contributed by atoms with Crippen molar-refractivity contribution in [2.24, 2.45) is 0 Å². The summed E-state index contributed by atoms with van der Waals surface area (Å²) >= 11 is 1.61. The molecule has 8 heteroatoms. The van der Waals surface area contributed by atoms with E-state index in [1.54, 1.807) is 30.1 Å². The first kappa shape index (κ1) is 17.9. The molecule has 4 rings (SSSR count). The van der Waals surface area contributed by atoms with E-state index in [1.165, 1.54) is 11.3 Å². The summed E-state index contributed by atoms with van der Waals surface area (Å²) in [6.07, 6.45) is 12.4. The Labute approximate surface area is 162 Å². The van der Waals surface area contributed by atoms with Crippen molar-refractivity contribution in [2.45, 2.75) is 38.4 Å². The van der Waals surface area contributed by atoms with E-state index in [4.69, 9.17) is 0 Å². The number of hydrogen-bond donors (Lipinski definition) is 2. The van der Waals surface area contributed by atoms with Crippen LogP contribution < -0.4 is 5.32 Å². The van der Waals surface area contributed by atoms with Gasteiger partial charge in [0.25, 0.3) is 5.91 Å². The molecule has 1 aliphatic rings. The van der Waals surface area contributed by atoms with Gasteiger partial charge in [-0.1, -0.05) is 0 Å². The molecule has 0 radical (unpaired) electrons. The number of nitrogens with one attached hydrogen (secondary N) is 2. The zero-order valence-corrected chi connectivity index (χ0v) is 16.0. The van der Waals surface area contributed by atoms with E-state index in [0.717, 1.165) is 43.2 Å². The van der Waals surface area contributed by atoms with Gasteiger partial charge in [0.15, 0.2) is 0 Å². The molecule has 1 atom stereocenters. The maximum Gasteiger partial charge on any atom is 0.261 e. The van der Waals surface area contributed by atoms with Crippen LogP contribution in [0.3, 0.4) is 0 Å². The maximum absolute atomic E-state index is 12.4. The molecule has 3 aromatic rings. The number of amides is 1. The lowest BCUT2D eigenvalue weighted by molar-refractivity contribution is 0.0957. The summed E-state index contributed by atoms with van der Waals surface area (Å²) < 4.78 is 2.02. The highest BCUT2D eigenvalue weighted by Crippen LogP contribution is 2.36. The number of rotatable bonds is 8. The second kappa shape index (κ2) is 8.49. The number of carbonyl (C=O) groups is 1. The Bertz CT molecular complexity index is 842. The molecule has 1 unspecified atom stereocenters. The Balaban J connectivity index is 1.30. The van der Waals surface area contributed by atoms with Gasteiger partial charge >= 0.3 is 0 Å². The van der Waals surface area contributed by atoms with Crippen molar-refractivity contribution >= 4 is 17.2 Å². The number of likely N-dealkylation sites (tertiary alicyclic amines) is 1. The standard InChI is InChI=1S/C19H24N6OS/c26-19(23-6-2-10-24-12-9-20-14-24)17-5-4-16(27-17)15-3-1-11-25(15)13-18-21-7-8-22-18/h4-5,7-9,12,14-15H,1-3,6,10-11,13H2,(H,21,22)(H,23,26). The number of H-pyrrole nitrogens is 1. The fraction of sp³-hybridized carbons (Fsp3) is 0.421. The molecule has 0 bridgehead atoms. The largest absolute Gasteiger partial charge is 0.351 e. The average Bonchev–Trinajstić information content (AvgIpc) is 3.47. The first-order chi connectivity index (χ1) is 13.3. The smallest absolute Gasteiger partial charge is 0.261 e. The van der Waals surface area contributed by atoms with Gasteiger partial charge in [-0.25, -0.2) is 9.97 Å². The van der Waals surface area contributed by atoms with Gasteiger partial charge < -0.3 is 14.9 Å². The molecule has 0 saturated carbocycles. The van der Waals surface area contributed by atoms with Gasteiger partial charge in [-0.3, -0.25) is 9.69 Å². The van der Waals surface area contributed by atoms with Crippen LogP contribution in [0.15, 0.2) is 43.2 Å².